The molecule has 1 aromatic carbocycles. The third-order valence-corrected chi connectivity index (χ3v) is 5.06. The number of fused-ring (bicyclic) bond motifs is 1. The summed E-state index contributed by atoms with van der Waals surface area (Å²) in [4.78, 5) is 25.8. The largest absolute Gasteiger partial charge is 0.497 e. The van der Waals surface area contributed by atoms with Gasteiger partial charge in [-0.15, -0.1) is 0 Å². The smallest absolute Gasteiger partial charge is 0.419 e. The third-order valence-electron chi connectivity index (χ3n) is 5.06. The minimum atomic E-state index is -0.688. The van der Waals surface area contributed by atoms with E-state index in [9.17, 15) is 14.7 Å². The van der Waals surface area contributed by atoms with Crippen molar-refractivity contribution in [2.45, 2.75) is 85.5 Å². The van der Waals surface area contributed by atoms with Crippen molar-refractivity contribution < 1.29 is 28.9 Å². The Hall–Kier alpha value is -3.00. The van der Waals surface area contributed by atoms with Crippen LogP contribution in [0.1, 0.15) is 66.6 Å². The Morgan fingerprint density at radius 2 is 1.71 bits per heavy atom. The van der Waals surface area contributed by atoms with Gasteiger partial charge in [-0.2, -0.15) is 0 Å². The number of aliphatic hydroxyl groups excluding tert-OH is 1. The molecule has 2 aromatic rings. The monoisotopic (exact) mass is 488 g/mol. The van der Waals surface area contributed by atoms with Crippen LogP contribution in [0.2, 0.25) is 0 Å². The molecule has 0 fully saturated rings. The van der Waals surface area contributed by atoms with E-state index in [1.807, 2.05) is 52.8 Å². The number of nitrogens with zero attached hydrogens (tertiary/aromatic N) is 1. The number of aliphatic hydroxyl groups is 1. The first-order valence-electron chi connectivity index (χ1n) is 11.8. The van der Waals surface area contributed by atoms with Crippen LogP contribution >= 0.6 is 0 Å². The number of nitrogens with one attached hydrogen (secondary N) is 1. The number of carbonyl (C=O) groups excluding carboxylic acids is 2. The molecule has 0 saturated heterocycles. The molecule has 0 aliphatic rings. The van der Waals surface area contributed by atoms with Crippen LogP contribution in [0.25, 0.3) is 10.9 Å². The van der Waals surface area contributed by atoms with Crippen LogP contribution in [0, 0.1) is 0 Å². The molecule has 194 valence electrons. The second kappa shape index (κ2) is 11.2. The SMILES string of the molecule is COc1ccc2c(C[C@@H](CO)NC(=O)OC(C)(C)C)c(CC=C(C)C)n(C(=O)OC(C)(C)C)c2c1. The highest BCUT2D eigenvalue weighted by atomic mass is 16.6. The van der Waals surface area contributed by atoms with Crippen molar-refractivity contribution >= 4 is 23.1 Å². The molecule has 0 aliphatic carbocycles. The van der Waals surface area contributed by atoms with Crippen molar-refractivity contribution in [1.29, 1.82) is 0 Å². The number of allylic oxidation sites excluding steroid dienone is 2. The molecule has 1 heterocycles. The van der Waals surface area contributed by atoms with Crippen molar-refractivity contribution in [3.63, 3.8) is 0 Å². The minimum absolute atomic E-state index is 0.292. The lowest BCUT2D eigenvalue weighted by Gasteiger charge is -2.23. The van der Waals surface area contributed by atoms with Gasteiger partial charge in [0, 0.05) is 23.6 Å². The van der Waals surface area contributed by atoms with Crippen molar-refractivity contribution in [2.75, 3.05) is 13.7 Å². The maximum absolute atomic E-state index is 13.4. The average Bonchev–Trinajstić information content (AvgIpc) is 3.01. The lowest BCUT2D eigenvalue weighted by Crippen LogP contribution is -2.42. The van der Waals surface area contributed by atoms with Crippen LogP contribution in [0.4, 0.5) is 9.59 Å². The Labute approximate surface area is 208 Å². The van der Waals surface area contributed by atoms with Gasteiger partial charge in [0.1, 0.15) is 17.0 Å². The molecule has 0 unspecified atom stereocenters. The van der Waals surface area contributed by atoms with E-state index in [1.54, 1.807) is 38.5 Å². The number of hydrogen-bond donors (Lipinski definition) is 2. The fourth-order valence-corrected chi connectivity index (χ4v) is 3.66. The Morgan fingerprint density at radius 1 is 1.09 bits per heavy atom. The van der Waals surface area contributed by atoms with Gasteiger partial charge in [0.2, 0.25) is 0 Å². The van der Waals surface area contributed by atoms with Gasteiger partial charge in [-0.1, -0.05) is 11.6 Å². The summed E-state index contributed by atoms with van der Waals surface area (Å²) in [5.74, 6) is 0.603. The quantitative estimate of drug-likeness (QED) is 0.509. The molecule has 0 spiro atoms. The lowest BCUT2D eigenvalue weighted by molar-refractivity contribution is 0.0479. The normalized spacial score (nSPS) is 12.7. The van der Waals surface area contributed by atoms with Crippen LogP contribution in [-0.4, -0.2) is 52.8 Å². The summed E-state index contributed by atoms with van der Waals surface area (Å²) in [7, 11) is 1.57. The maximum atomic E-state index is 13.4. The molecule has 2 rings (SSSR count). The van der Waals surface area contributed by atoms with Gasteiger partial charge in [-0.05, 0) is 79.5 Å². The standard InChI is InChI=1S/C27H40N2O6/c1-17(2)10-13-22-21(14-18(16-30)28-24(31)34-26(3,4)5)20-12-11-19(33-9)15-23(20)29(22)25(32)35-27(6,7)8/h10-12,15,18,30H,13-14,16H2,1-9H3,(H,28,31)/t18-/m0/s1. The number of benzene rings is 1. The second-order valence-corrected chi connectivity index (χ2v) is 10.8. The van der Waals surface area contributed by atoms with Crippen LogP contribution in [-0.2, 0) is 22.3 Å². The molecule has 35 heavy (non-hydrogen) atoms. The van der Waals surface area contributed by atoms with E-state index in [0.717, 1.165) is 22.2 Å². The first kappa shape index (κ1) is 28.2. The zero-order valence-corrected chi connectivity index (χ0v) is 22.4. The van der Waals surface area contributed by atoms with Gasteiger partial charge in [-0.3, -0.25) is 0 Å². The molecule has 0 bridgehead atoms. The van der Waals surface area contributed by atoms with Crippen LogP contribution in [0.5, 0.6) is 5.75 Å². The van der Waals surface area contributed by atoms with Gasteiger partial charge < -0.3 is 24.6 Å². The molecule has 1 aromatic heterocycles. The zero-order chi connectivity index (χ0) is 26.6. The number of amides is 1. The zero-order valence-electron chi connectivity index (χ0n) is 22.4. The Kier molecular flexibility index (Phi) is 9.00. The van der Waals surface area contributed by atoms with Gasteiger partial charge in [0.15, 0.2) is 0 Å². The van der Waals surface area contributed by atoms with Gasteiger partial charge in [0.25, 0.3) is 0 Å². The predicted molar refractivity (Wildman–Crippen MR) is 137 cm³/mol. The van der Waals surface area contributed by atoms with E-state index in [1.165, 1.54) is 0 Å². The molecule has 0 saturated carbocycles. The number of ether oxygens (including phenoxy) is 3. The lowest BCUT2D eigenvalue weighted by atomic mass is 10.0. The molecular weight excluding hydrogens is 448 g/mol. The summed E-state index contributed by atoms with van der Waals surface area (Å²) in [5, 5.41) is 13.6. The van der Waals surface area contributed by atoms with E-state index in [2.05, 4.69) is 5.32 Å². The predicted octanol–water partition coefficient (Wildman–Crippen LogP) is 5.37. The molecule has 8 heteroatoms. The molecule has 8 nitrogen and oxygen atoms in total. The number of rotatable bonds is 7. The Morgan fingerprint density at radius 3 is 2.23 bits per heavy atom. The summed E-state index contributed by atoms with van der Waals surface area (Å²) in [6.45, 7) is 14.5. The highest BCUT2D eigenvalue weighted by molar-refractivity contribution is 5.94. The summed E-state index contributed by atoms with van der Waals surface area (Å²) < 4.78 is 18.1. The van der Waals surface area contributed by atoms with Gasteiger partial charge in [0.05, 0.1) is 25.3 Å². The maximum Gasteiger partial charge on any atom is 0.419 e. The van der Waals surface area contributed by atoms with E-state index < -0.39 is 29.4 Å². The number of hydrogen-bond acceptors (Lipinski definition) is 6. The number of alkyl carbamates (subject to hydrolysis) is 1. The number of carbonyl (C=O) groups is 2. The van der Waals surface area contributed by atoms with Crippen LogP contribution in [0.15, 0.2) is 29.8 Å². The van der Waals surface area contributed by atoms with Crippen molar-refractivity contribution in [1.82, 2.24) is 9.88 Å². The highest BCUT2D eigenvalue weighted by Crippen LogP contribution is 2.32. The number of aromatic nitrogens is 1. The number of methoxy groups -OCH3 is 1. The van der Waals surface area contributed by atoms with Crippen molar-refractivity contribution in [3.05, 3.63) is 41.1 Å². The Bertz CT molecular complexity index is 1080. The fraction of sp³-hybridized carbons (Fsp3) is 0.556. The van der Waals surface area contributed by atoms with Crippen molar-refractivity contribution in [3.8, 4) is 5.75 Å². The molecule has 2 N–H and O–H groups in total. The molecule has 0 aliphatic heterocycles. The van der Waals surface area contributed by atoms with Crippen molar-refractivity contribution in [2.24, 2.45) is 0 Å². The summed E-state index contributed by atoms with van der Waals surface area (Å²) in [6, 6.07) is 4.89. The minimum Gasteiger partial charge on any atom is -0.497 e. The molecule has 1 amide bonds. The van der Waals surface area contributed by atoms with E-state index in [-0.39, 0.29) is 6.61 Å². The summed E-state index contributed by atoms with van der Waals surface area (Å²) in [6.07, 6.45) is 1.68. The van der Waals surface area contributed by atoms with Crippen LogP contribution in [0.3, 0.4) is 0 Å². The van der Waals surface area contributed by atoms with E-state index in [4.69, 9.17) is 14.2 Å². The molecular formula is C27H40N2O6. The molecule has 0 radical (unpaired) electrons. The molecule has 1 atom stereocenters. The fourth-order valence-electron chi connectivity index (χ4n) is 3.66. The second-order valence-electron chi connectivity index (χ2n) is 10.8. The first-order chi connectivity index (χ1) is 16.1. The van der Waals surface area contributed by atoms with E-state index in [0.29, 0.717) is 24.1 Å². The summed E-state index contributed by atoms with van der Waals surface area (Å²) in [5.41, 5.74) is 1.95. The highest BCUT2D eigenvalue weighted by Gasteiger charge is 2.28. The van der Waals surface area contributed by atoms with Gasteiger partial charge in [-0.25, -0.2) is 14.2 Å². The Balaban J connectivity index is 2.65. The third kappa shape index (κ3) is 8.02. The van der Waals surface area contributed by atoms with Crippen LogP contribution < -0.4 is 10.1 Å². The van der Waals surface area contributed by atoms with E-state index >= 15 is 0 Å². The topological polar surface area (TPSA) is 99.0 Å². The average molecular weight is 489 g/mol. The van der Waals surface area contributed by atoms with Gasteiger partial charge >= 0.3 is 12.2 Å². The first-order valence-corrected chi connectivity index (χ1v) is 11.8. The summed E-state index contributed by atoms with van der Waals surface area (Å²) >= 11 is 0.